The number of carbonyl (C=O) groups is 1. The maximum absolute atomic E-state index is 11.8. The van der Waals surface area contributed by atoms with E-state index >= 15 is 0 Å². The minimum absolute atomic E-state index is 0.485. The Morgan fingerprint density at radius 1 is 1.45 bits per heavy atom. The van der Waals surface area contributed by atoms with Crippen LogP contribution in [0.3, 0.4) is 0 Å². The predicted molar refractivity (Wildman–Crippen MR) is 79.2 cm³/mol. The number of carbonyl (C=O) groups excluding carboxylic acids is 1. The van der Waals surface area contributed by atoms with Crippen LogP contribution in [-0.4, -0.2) is 22.4 Å². The summed E-state index contributed by atoms with van der Waals surface area (Å²) in [7, 11) is 0. The van der Waals surface area contributed by atoms with Gasteiger partial charge in [0.25, 0.3) is 0 Å². The van der Waals surface area contributed by atoms with Crippen molar-refractivity contribution in [3.63, 3.8) is 0 Å². The average molecular weight is 298 g/mol. The first-order chi connectivity index (χ1) is 9.17. The topological polar surface area (TPSA) is 58.6 Å². The van der Waals surface area contributed by atoms with Gasteiger partial charge in [0.1, 0.15) is 5.60 Å². The second kappa shape index (κ2) is 5.26. The number of hydrogen-bond acceptors (Lipinski definition) is 3. The molecular formula is C15H20ClNO3. The van der Waals surface area contributed by atoms with Crippen molar-refractivity contribution < 1.29 is 14.6 Å². The van der Waals surface area contributed by atoms with Crippen molar-refractivity contribution in [1.82, 2.24) is 0 Å². The summed E-state index contributed by atoms with van der Waals surface area (Å²) < 4.78 is 5.23. The van der Waals surface area contributed by atoms with Crippen molar-refractivity contribution in [2.45, 2.75) is 51.2 Å². The van der Waals surface area contributed by atoms with Crippen molar-refractivity contribution >= 4 is 23.4 Å². The van der Waals surface area contributed by atoms with Gasteiger partial charge in [0, 0.05) is 17.1 Å². The lowest BCUT2D eigenvalue weighted by Gasteiger charge is -2.21. The van der Waals surface area contributed by atoms with Gasteiger partial charge in [-0.3, -0.25) is 5.32 Å². The highest BCUT2D eigenvalue weighted by Crippen LogP contribution is 2.40. The molecule has 4 nitrogen and oxygen atoms in total. The number of aliphatic hydroxyl groups is 1. The first-order valence-electron chi connectivity index (χ1n) is 6.68. The number of nitrogens with one attached hydrogen (secondary N) is 1. The third-order valence-electron chi connectivity index (χ3n) is 3.05. The summed E-state index contributed by atoms with van der Waals surface area (Å²) in [5.74, 6) is 0. The van der Waals surface area contributed by atoms with Crippen LogP contribution in [0.2, 0.25) is 5.02 Å². The van der Waals surface area contributed by atoms with Crippen molar-refractivity contribution in [3.8, 4) is 0 Å². The van der Waals surface area contributed by atoms with E-state index in [1.807, 2.05) is 20.8 Å². The Morgan fingerprint density at radius 2 is 2.10 bits per heavy atom. The normalized spacial score (nSPS) is 16.6. The van der Waals surface area contributed by atoms with E-state index in [0.717, 1.165) is 18.4 Å². The Hall–Kier alpha value is -1.26. The molecule has 20 heavy (non-hydrogen) atoms. The summed E-state index contributed by atoms with van der Waals surface area (Å²) in [6, 6.07) is 5.20. The Labute approximate surface area is 124 Å². The fourth-order valence-corrected chi connectivity index (χ4v) is 2.11. The number of rotatable bonds is 3. The largest absolute Gasteiger partial charge is 0.444 e. The number of halogens is 1. The van der Waals surface area contributed by atoms with E-state index in [1.165, 1.54) is 0 Å². The second-order valence-corrected chi connectivity index (χ2v) is 6.77. The average Bonchev–Trinajstić information content (AvgIpc) is 2.97. The molecule has 1 aromatic rings. The van der Waals surface area contributed by atoms with E-state index in [2.05, 4.69) is 5.32 Å². The van der Waals surface area contributed by atoms with Gasteiger partial charge in [0.05, 0.1) is 5.60 Å². The van der Waals surface area contributed by atoms with Gasteiger partial charge in [-0.1, -0.05) is 11.6 Å². The molecule has 2 rings (SSSR count). The lowest BCUT2D eigenvalue weighted by Crippen LogP contribution is -2.27. The van der Waals surface area contributed by atoms with Gasteiger partial charge in [-0.15, -0.1) is 0 Å². The van der Waals surface area contributed by atoms with Crippen LogP contribution in [0, 0.1) is 0 Å². The standard InChI is InChI=1S/C15H20ClNO3/c1-14(2,3)20-13(18)17-12-5-4-11(16)8-10(12)9-15(19)6-7-15/h4-5,8,19H,6-7,9H2,1-3H3,(H,17,18). The van der Waals surface area contributed by atoms with Crippen LogP contribution in [0.5, 0.6) is 0 Å². The minimum Gasteiger partial charge on any atom is -0.444 e. The van der Waals surface area contributed by atoms with Crippen LogP contribution in [0.15, 0.2) is 18.2 Å². The van der Waals surface area contributed by atoms with E-state index in [4.69, 9.17) is 16.3 Å². The van der Waals surface area contributed by atoms with Gasteiger partial charge in [-0.2, -0.15) is 0 Å². The lowest BCUT2D eigenvalue weighted by molar-refractivity contribution is 0.0635. The number of benzene rings is 1. The third-order valence-corrected chi connectivity index (χ3v) is 3.28. The fourth-order valence-electron chi connectivity index (χ4n) is 1.92. The summed E-state index contributed by atoms with van der Waals surface area (Å²) in [5.41, 5.74) is 0.257. The highest BCUT2D eigenvalue weighted by Gasteiger charge is 2.40. The summed E-state index contributed by atoms with van der Waals surface area (Å²) >= 11 is 5.98. The summed E-state index contributed by atoms with van der Waals surface area (Å²) in [6.07, 6.45) is 1.54. The summed E-state index contributed by atoms with van der Waals surface area (Å²) in [6.45, 7) is 5.42. The van der Waals surface area contributed by atoms with E-state index < -0.39 is 17.3 Å². The number of hydrogen-bond donors (Lipinski definition) is 2. The lowest BCUT2D eigenvalue weighted by atomic mass is 10.0. The maximum atomic E-state index is 11.8. The molecule has 0 spiro atoms. The molecule has 0 radical (unpaired) electrons. The van der Waals surface area contributed by atoms with Crippen LogP contribution in [0.25, 0.3) is 0 Å². The molecule has 1 aromatic carbocycles. The monoisotopic (exact) mass is 297 g/mol. The highest BCUT2D eigenvalue weighted by atomic mass is 35.5. The highest BCUT2D eigenvalue weighted by molar-refractivity contribution is 6.30. The van der Waals surface area contributed by atoms with Crippen molar-refractivity contribution in [1.29, 1.82) is 0 Å². The van der Waals surface area contributed by atoms with Crippen LogP contribution in [0.4, 0.5) is 10.5 Å². The molecule has 0 saturated heterocycles. The molecule has 1 aliphatic carbocycles. The molecule has 0 bridgehead atoms. The molecule has 0 aliphatic heterocycles. The molecule has 1 amide bonds. The minimum atomic E-state index is -0.644. The molecule has 0 unspecified atom stereocenters. The smallest absolute Gasteiger partial charge is 0.412 e. The van der Waals surface area contributed by atoms with Gasteiger partial charge >= 0.3 is 6.09 Å². The van der Waals surface area contributed by atoms with Gasteiger partial charge in [-0.05, 0) is 57.4 Å². The molecule has 110 valence electrons. The molecule has 2 N–H and O–H groups in total. The van der Waals surface area contributed by atoms with E-state index in [0.29, 0.717) is 17.1 Å². The summed E-state index contributed by atoms with van der Waals surface area (Å²) in [5, 5.41) is 13.3. The molecular weight excluding hydrogens is 278 g/mol. The van der Waals surface area contributed by atoms with Crippen LogP contribution < -0.4 is 5.32 Å². The number of ether oxygens (including phenoxy) is 1. The Bertz CT molecular complexity index is 518. The van der Waals surface area contributed by atoms with Gasteiger partial charge in [0.2, 0.25) is 0 Å². The third kappa shape index (κ3) is 4.39. The van der Waals surface area contributed by atoms with E-state index in [-0.39, 0.29) is 0 Å². The SMILES string of the molecule is CC(C)(C)OC(=O)Nc1ccc(Cl)cc1CC1(O)CC1. The predicted octanol–water partition coefficient (Wildman–Crippen LogP) is 3.75. The molecule has 0 aromatic heterocycles. The van der Waals surface area contributed by atoms with E-state index in [9.17, 15) is 9.90 Å². The van der Waals surface area contributed by atoms with Crippen LogP contribution in [0.1, 0.15) is 39.2 Å². The zero-order valence-corrected chi connectivity index (χ0v) is 12.8. The zero-order chi connectivity index (χ0) is 15.0. The Kier molecular flexibility index (Phi) is 3.98. The van der Waals surface area contributed by atoms with Gasteiger partial charge < -0.3 is 9.84 Å². The van der Waals surface area contributed by atoms with Crippen LogP contribution >= 0.6 is 11.6 Å². The zero-order valence-electron chi connectivity index (χ0n) is 12.0. The molecule has 5 heteroatoms. The molecule has 0 atom stereocenters. The van der Waals surface area contributed by atoms with E-state index in [1.54, 1.807) is 18.2 Å². The van der Waals surface area contributed by atoms with Crippen molar-refractivity contribution in [3.05, 3.63) is 28.8 Å². The fraction of sp³-hybridized carbons (Fsp3) is 0.533. The Morgan fingerprint density at radius 3 is 2.65 bits per heavy atom. The van der Waals surface area contributed by atoms with Crippen molar-refractivity contribution in [2.75, 3.05) is 5.32 Å². The van der Waals surface area contributed by atoms with Gasteiger partial charge in [-0.25, -0.2) is 4.79 Å². The molecule has 1 saturated carbocycles. The van der Waals surface area contributed by atoms with Gasteiger partial charge in [0.15, 0.2) is 0 Å². The molecule has 1 fully saturated rings. The van der Waals surface area contributed by atoms with Crippen molar-refractivity contribution in [2.24, 2.45) is 0 Å². The first-order valence-corrected chi connectivity index (χ1v) is 7.06. The summed E-state index contributed by atoms with van der Waals surface area (Å²) in [4.78, 5) is 11.8. The maximum Gasteiger partial charge on any atom is 0.412 e. The molecule has 0 heterocycles. The number of amides is 1. The first kappa shape index (κ1) is 15.1. The number of anilines is 1. The second-order valence-electron chi connectivity index (χ2n) is 6.33. The Balaban J connectivity index is 2.12. The van der Waals surface area contributed by atoms with Crippen LogP contribution in [-0.2, 0) is 11.2 Å². The molecule has 1 aliphatic rings. The quantitative estimate of drug-likeness (QED) is 0.893.